The normalized spacial score (nSPS) is 12.5. The van der Waals surface area contributed by atoms with Crippen molar-refractivity contribution in [1.82, 2.24) is 10.2 Å². The lowest BCUT2D eigenvalue weighted by molar-refractivity contribution is 0.510. The van der Waals surface area contributed by atoms with E-state index in [-0.39, 0.29) is 11.4 Å². The Hall–Kier alpha value is -0.780. The first-order valence-electron chi connectivity index (χ1n) is 4.76. The molecule has 2 aromatic rings. The van der Waals surface area contributed by atoms with Crippen LogP contribution in [0.2, 0.25) is 5.02 Å². The third kappa shape index (κ3) is 3.12. The maximum absolute atomic E-state index is 5.84. The predicted molar refractivity (Wildman–Crippen MR) is 71.0 cm³/mol. The molecular weight excluding hydrogens is 329 g/mol. The molecule has 1 N–H and O–H groups in total. The van der Waals surface area contributed by atoms with E-state index in [1.54, 1.807) is 25.1 Å². The number of hydrogen-bond donors (Lipinski definition) is 1. The molecular formula is C10H8BrCl2N3O. The summed E-state index contributed by atoms with van der Waals surface area (Å²) < 4.78 is 6.12. The Kier molecular flexibility index (Phi) is 3.91. The van der Waals surface area contributed by atoms with Gasteiger partial charge in [-0.1, -0.05) is 16.7 Å². The summed E-state index contributed by atoms with van der Waals surface area (Å²) in [5, 5.41) is 10.9. The van der Waals surface area contributed by atoms with Gasteiger partial charge in [-0.3, -0.25) is 0 Å². The van der Waals surface area contributed by atoms with Crippen LogP contribution in [0.25, 0.3) is 0 Å². The zero-order valence-electron chi connectivity index (χ0n) is 8.75. The fourth-order valence-electron chi connectivity index (χ4n) is 1.15. The second-order valence-electron chi connectivity index (χ2n) is 3.31. The highest BCUT2D eigenvalue weighted by Gasteiger charge is 2.12. The minimum Gasteiger partial charge on any atom is -0.406 e. The lowest BCUT2D eigenvalue weighted by atomic mass is 10.3. The standard InChI is InChI=1S/C10H8BrCl2N3O/c1-5(12)9-15-16-10(17-9)14-8-3-2-6(13)4-7(8)11/h2-5H,1H3,(H,14,16). The number of aromatic nitrogens is 2. The van der Waals surface area contributed by atoms with Crippen molar-refractivity contribution in [2.75, 3.05) is 5.32 Å². The number of hydrogen-bond acceptors (Lipinski definition) is 4. The highest BCUT2D eigenvalue weighted by Crippen LogP contribution is 2.29. The maximum Gasteiger partial charge on any atom is 0.320 e. The van der Waals surface area contributed by atoms with Crippen molar-refractivity contribution in [1.29, 1.82) is 0 Å². The molecule has 1 atom stereocenters. The summed E-state index contributed by atoms with van der Waals surface area (Å²) in [7, 11) is 0. The Bertz CT molecular complexity index is 530. The van der Waals surface area contributed by atoms with Crippen molar-refractivity contribution in [2.45, 2.75) is 12.3 Å². The summed E-state index contributed by atoms with van der Waals surface area (Å²) >= 11 is 15.0. The molecule has 1 aromatic carbocycles. The molecule has 0 saturated carbocycles. The second-order valence-corrected chi connectivity index (χ2v) is 5.26. The quantitative estimate of drug-likeness (QED) is 0.836. The highest BCUT2D eigenvalue weighted by molar-refractivity contribution is 9.10. The SMILES string of the molecule is CC(Cl)c1nnc(Nc2ccc(Cl)cc2Br)o1. The van der Waals surface area contributed by atoms with Crippen LogP contribution in [0.5, 0.6) is 0 Å². The number of benzene rings is 1. The Morgan fingerprint density at radius 3 is 2.76 bits per heavy atom. The van der Waals surface area contributed by atoms with Crippen molar-refractivity contribution in [3.05, 3.63) is 33.6 Å². The van der Waals surface area contributed by atoms with Crippen LogP contribution in [0.15, 0.2) is 27.1 Å². The van der Waals surface area contributed by atoms with Gasteiger partial charge in [0.1, 0.15) is 5.38 Å². The smallest absolute Gasteiger partial charge is 0.320 e. The fourth-order valence-corrected chi connectivity index (χ4v) is 2.02. The van der Waals surface area contributed by atoms with Gasteiger partial charge < -0.3 is 9.73 Å². The molecule has 0 saturated heterocycles. The zero-order valence-corrected chi connectivity index (χ0v) is 11.8. The molecule has 1 unspecified atom stereocenters. The van der Waals surface area contributed by atoms with Crippen molar-refractivity contribution < 1.29 is 4.42 Å². The topological polar surface area (TPSA) is 51.0 Å². The van der Waals surface area contributed by atoms with Crippen molar-refractivity contribution >= 4 is 50.8 Å². The minimum absolute atomic E-state index is 0.288. The summed E-state index contributed by atoms with van der Waals surface area (Å²) in [5.74, 6) is 0.374. The second kappa shape index (κ2) is 5.25. The maximum atomic E-state index is 5.84. The largest absolute Gasteiger partial charge is 0.406 e. The van der Waals surface area contributed by atoms with Crippen LogP contribution in [0, 0.1) is 0 Å². The summed E-state index contributed by atoms with van der Waals surface area (Å²) in [6, 6.07) is 5.62. The highest BCUT2D eigenvalue weighted by atomic mass is 79.9. The minimum atomic E-state index is -0.313. The lowest BCUT2D eigenvalue weighted by Gasteiger charge is -2.04. The van der Waals surface area contributed by atoms with Gasteiger partial charge in [0.15, 0.2) is 0 Å². The van der Waals surface area contributed by atoms with Gasteiger partial charge in [0.2, 0.25) is 5.89 Å². The van der Waals surface area contributed by atoms with Gasteiger partial charge in [-0.2, -0.15) is 0 Å². The van der Waals surface area contributed by atoms with Crippen LogP contribution in [0.1, 0.15) is 18.2 Å². The summed E-state index contributed by atoms with van der Waals surface area (Å²) in [5.41, 5.74) is 0.784. The van der Waals surface area contributed by atoms with E-state index in [1.165, 1.54) is 0 Å². The lowest BCUT2D eigenvalue weighted by Crippen LogP contribution is -1.91. The van der Waals surface area contributed by atoms with Gasteiger partial charge in [-0.25, -0.2) is 0 Å². The van der Waals surface area contributed by atoms with Crippen LogP contribution >= 0.6 is 39.1 Å². The number of rotatable bonds is 3. The van der Waals surface area contributed by atoms with Crippen LogP contribution in [-0.2, 0) is 0 Å². The van der Waals surface area contributed by atoms with Gasteiger partial charge >= 0.3 is 6.01 Å². The van der Waals surface area contributed by atoms with E-state index >= 15 is 0 Å². The molecule has 1 aromatic heterocycles. The van der Waals surface area contributed by atoms with Crippen molar-refractivity contribution in [3.8, 4) is 0 Å². The van der Waals surface area contributed by atoms with Gasteiger partial charge in [0.05, 0.1) is 5.69 Å². The van der Waals surface area contributed by atoms with Crippen LogP contribution < -0.4 is 5.32 Å². The Labute approximate surface area is 116 Å². The van der Waals surface area contributed by atoms with E-state index in [1.807, 2.05) is 0 Å². The third-order valence-corrected chi connectivity index (χ3v) is 3.03. The number of nitrogens with one attached hydrogen (secondary N) is 1. The monoisotopic (exact) mass is 335 g/mol. The first-order chi connectivity index (χ1) is 8.06. The Morgan fingerprint density at radius 1 is 1.41 bits per heavy atom. The molecule has 4 nitrogen and oxygen atoms in total. The van der Waals surface area contributed by atoms with Gasteiger partial charge in [0, 0.05) is 9.50 Å². The third-order valence-electron chi connectivity index (χ3n) is 1.95. The van der Waals surface area contributed by atoms with E-state index in [2.05, 4.69) is 31.4 Å². The molecule has 0 radical (unpaired) electrons. The van der Waals surface area contributed by atoms with E-state index in [0.717, 1.165) is 10.2 Å². The van der Waals surface area contributed by atoms with E-state index in [4.69, 9.17) is 27.6 Å². The van der Waals surface area contributed by atoms with Crippen molar-refractivity contribution in [2.24, 2.45) is 0 Å². The summed E-state index contributed by atoms with van der Waals surface area (Å²) in [4.78, 5) is 0. The number of anilines is 2. The first kappa shape index (κ1) is 12.7. The molecule has 0 amide bonds. The molecule has 0 spiro atoms. The van der Waals surface area contributed by atoms with Gasteiger partial charge in [-0.15, -0.1) is 16.7 Å². The molecule has 0 aliphatic heterocycles. The molecule has 7 heteroatoms. The molecule has 0 bridgehead atoms. The number of nitrogens with zero attached hydrogens (tertiary/aromatic N) is 2. The van der Waals surface area contributed by atoms with E-state index < -0.39 is 0 Å². The molecule has 90 valence electrons. The van der Waals surface area contributed by atoms with Crippen LogP contribution in [-0.4, -0.2) is 10.2 Å². The van der Waals surface area contributed by atoms with Crippen molar-refractivity contribution in [3.63, 3.8) is 0 Å². The van der Waals surface area contributed by atoms with E-state index in [9.17, 15) is 0 Å². The van der Waals surface area contributed by atoms with Gasteiger partial charge in [-0.05, 0) is 41.1 Å². The Morgan fingerprint density at radius 2 is 2.18 bits per heavy atom. The van der Waals surface area contributed by atoms with Gasteiger partial charge in [0.25, 0.3) is 0 Å². The molecule has 17 heavy (non-hydrogen) atoms. The molecule has 0 fully saturated rings. The van der Waals surface area contributed by atoms with Crippen LogP contribution in [0.4, 0.5) is 11.7 Å². The molecule has 1 heterocycles. The average molecular weight is 337 g/mol. The molecule has 2 rings (SSSR count). The van der Waals surface area contributed by atoms with E-state index in [0.29, 0.717) is 10.9 Å². The first-order valence-corrected chi connectivity index (χ1v) is 6.36. The number of alkyl halides is 1. The van der Waals surface area contributed by atoms with Crippen LogP contribution in [0.3, 0.4) is 0 Å². The average Bonchev–Trinajstić information content (AvgIpc) is 2.71. The Balaban J connectivity index is 2.19. The predicted octanol–water partition coefficient (Wildman–Crippen LogP) is 4.53. The zero-order chi connectivity index (χ0) is 12.4. The fraction of sp³-hybridized carbons (Fsp3) is 0.200. The molecule has 0 aliphatic carbocycles. The summed E-state index contributed by atoms with van der Waals surface area (Å²) in [6.07, 6.45) is 0. The molecule has 0 aliphatic rings. The summed E-state index contributed by atoms with van der Waals surface area (Å²) in [6.45, 7) is 1.76. The number of halogens is 3.